The van der Waals surface area contributed by atoms with Gasteiger partial charge in [-0.25, -0.2) is 4.79 Å². The first-order chi connectivity index (χ1) is 13.6. The smallest absolute Gasteiger partial charge is 0.326 e. The number of carbonyl (C=O) groups is 2. The van der Waals surface area contributed by atoms with Crippen LogP contribution in [-0.4, -0.2) is 47.7 Å². The number of carboxylic acid groups (broad SMARTS) is 1. The van der Waals surface area contributed by atoms with E-state index in [0.717, 1.165) is 25.7 Å². The normalized spacial score (nSPS) is 20.6. The molecule has 0 spiro atoms. The Morgan fingerprint density at radius 1 is 1.21 bits per heavy atom. The second kappa shape index (κ2) is 8.12. The largest absolute Gasteiger partial charge is 0.486 e. The molecule has 7 nitrogen and oxygen atoms in total. The van der Waals surface area contributed by atoms with Gasteiger partial charge in [0.15, 0.2) is 11.5 Å². The fourth-order valence-corrected chi connectivity index (χ4v) is 4.21. The fraction of sp³-hybridized carbons (Fsp3) is 0.524. The first-order valence-electron chi connectivity index (χ1n) is 9.92. The summed E-state index contributed by atoms with van der Waals surface area (Å²) in [7, 11) is 0. The van der Waals surface area contributed by atoms with E-state index in [0.29, 0.717) is 48.6 Å². The van der Waals surface area contributed by atoms with Crippen molar-refractivity contribution in [1.82, 2.24) is 4.90 Å². The number of carbonyl (C=O) groups excluding carboxylic acids is 1. The molecule has 2 heterocycles. The molecule has 0 radical (unpaired) electrons. The number of fused-ring (bicyclic) bond motifs is 1. The maximum absolute atomic E-state index is 12.5. The molecule has 7 heteroatoms. The Labute approximate surface area is 163 Å². The molecule has 1 amide bonds. The Bertz CT molecular complexity index is 783. The molecule has 1 aromatic carbocycles. The van der Waals surface area contributed by atoms with Crippen molar-refractivity contribution < 1.29 is 28.9 Å². The number of amides is 1. The third-order valence-electron chi connectivity index (χ3n) is 5.61. The molecule has 4 rings (SSSR count). The van der Waals surface area contributed by atoms with Crippen molar-refractivity contribution in [3.8, 4) is 17.2 Å². The van der Waals surface area contributed by atoms with Crippen LogP contribution in [-0.2, 0) is 9.59 Å². The van der Waals surface area contributed by atoms with E-state index in [1.165, 1.54) is 17.4 Å². The summed E-state index contributed by atoms with van der Waals surface area (Å²) in [6, 6.07) is 4.52. The number of hydrogen-bond acceptors (Lipinski definition) is 5. The molecule has 1 atom stereocenters. The van der Waals surface area contributed by atoms with Crippen LogP contribution in [0.25, 0.3) is 0 Å². The lowest BCUT2D eigenvalue weighted by Crippen LogP contribution is -2.44. The molecule has 0 aromatic heterocycles. The summed E-state index contributed by atoms with van der Waals surface area (Å²) in [5.74, 6) is 1.09. The maximum Gasteiger partial charge on any atom is 0.326 e. The average Bonchev–Trinajstić information content (AvgIpc) is 3.07. The van der Waals surface area contributed by atoms with E-state index in [1.807, 2.05) is 0 Å². The minimum atomic E-state index is -0.956. The van der Waals surface area contributed by atoms with Gasteiger partial charge in [0.25, 0.3) is 5.91 Å². The molecular formula is C21H25NO6. The lowest BCUT2D eigenvalue weighted by Gasteiger charge is -2.30. The maximum atomic E-state index is 12.5. The number of ether oxygens (including phenoxy) is 3. The summed E-state index contributed by atoms with van der Waals surface area (Å²) in [5, 5.41) is 9.72. The van der Waals surface area contributed by atoms with Gasteiger partial charge in [0.05, 0.1) is 6.54 Å². The quantitative estimate of drug-likeness (QED) is 0.808. The van der Waals surface area contributed by atoms with E-state index in [4.69, 9.17) is 14.2 Å². The van der Waals surface area contributed by atoms with E-state index < -0.39 is 12.0 Å². The van der Waals surface area contributed by atoms with Crippen LogP contribution >= 0.6 is 0 Å². The van der Waals surface area contributed by atoms with E-state index in [2.05, 4.69) is 0 Å². The molecule has 0 bridgehead atoms. The van der Waals surface area contributed by atoms with Crippen LogP contribution in [0.2, 0.25) is 0 Å². The average molecular weight is 387 g/mol. The highest BCUT2D eigenvalue weighted by molar-refractivity contribution is 5.94. The van der Waals surface area contributed by atoms with Gasteiger partial charge in [-0.15, -0.1) is 0 Å². The number of nitrogens with zero attached hydrogens (tertiary/aromatic N) is 1. The molecule has 2 aliphatic heterocycles. The highest BCUT2D eigenvalue weighted by atomic mass is 16.6. The van der Waals surface area contributed by atoms with Crippen molar-refractivity contribution in [2.24, 2.45) is 5.92 Å². The number of aliphatic carboxylic acids is 1. The number of para-hydroxylation sites is 1. The SMILES string of the molecule is O=C(O)C(CC1CCCCC1)N1CC(Oc2cccc3c2OCCO3)=CC1=O. The van der Waals surface area contributed by atoms with Crippen molar-refractivity contribution in [1.29, 1.82) is 0 Å². The molecule has 1 saturated carbocycles. The predicted octanol–water partition coefficient (Wildman–Crippen LogP) is 2.99. The third-order valence-corrected chi connectivity index (χ3v) is 5.61. The van der Waals surface area contributed by atoms with Gasteiger partial charge < -0.3 is 24.2 Å². The predicted molar refractivity (Wildman–Crippen MR) is 100 cm³/mol. The topological polar surface area (TPSA) is 85.3 Å². The standard InChI is InChI=1S/C21H25NO6/c23-19-12-15(28-18-8-4-7-17-20(18)27-10-9-26-17)13-22(19)16(21(24)25)11-14-5-2-1-3-6-14/h4,7-8,12,14,16H,1-3,5-6,9-11,13H2,(H,24,25). The van der Waals surface area contributed by atoms with Crippen molar-refractivity contribution in [3.63, 3.8) is 0 Å². The molecule has 1 unspecified atom stereocenters. The molecule has 1 aromatic rings. The molecule has 1 aliphatic carbocycles. The zero-order valence-electron chi connectivity index (χ0n) is 15.8. The van der Waals surface area contributed by atoms with Crippen molar-refractivity contribution in [2.75, 3.05) is 19.8 Å². The summed E-state index contributed by atoms with van der Waals surface area (Å²) in [6.07, 6.45) is 7.44. The van der Waals surface area contributed by atoms with Gasteiger partial charge in [-0.1, -0.05) is 38.2 Å². The number of carboxylic acids is 1. The highest BCUT2D eigenvalue weighted by Gasteiger charge is 2.36. The summed E-state index contributed by atoms with van der Waals surface area (Å²) in [4.78, 5) is 25.8. The van der Waals surface area contributed by atoms with Crippen LogP contribution in [0.3, 0.4) is 0 Å². The van der Waals surface area contributed by atoms with Gasteiger partial charge in [0.2, 0.25) is 5.75 Å². The highest BCUT2D eigenvalue weighted by Crippen LogP contribution is 2.40. The first-order valence-corrected chi connectivity index (χ1v) is 9.92. The van der Waals surface area contributed by atoms with Gasteiger partial charge in [-0.05, 0) is 24.5 Å². The Morgan fingerprint density at radius 3 is 2.79 bits per heavy atom. The van der Waals surface area contributed by atoms with E-state index in [1.54, 1.807) is 18.2 Å². The van der Waals surface area contributed by atoms with Crippen LogP contribution < -0.4 is 14.2 Å². The molecule has 1 N–H and O–H groups in total. The van der Waals surface area contributed by atoms with Gasteiger partial charge >= 0.3 is 5.97 Å². The van der Waals surface area contributed by atoms with Crippen LogP contribution in [0.5, 0.6) is 17.2 Å². The first kappa shape index (κ1) is 18.7. The Kier molecular flexibility index (Phi) is 5.41. The van der Waals surface area contributed by atoms with Crippen molar-refractivity contribution in [3.05, 3.63) is 30.0 Å². The van der Waals surface area contributed by atoms with Crippen molar-refractivity contribution >= 4 is 11.9 Å². The summed E-state index contributed by atoms with van der Waals surface area (Å²) >= 11 is 0. The van der Waals surface area contributed by atoms with Crippen LogP contribution in [0.15, 0.2) is 30.0 Å². The number of benzene rings is 1. The lowest BCUT2D eigenvalue weighted by atomic mass is 9.84. The molecule has 1 fully saturated rings. The van der Waals surface area contributed by atoms with Gasteiger partial charge in [0, 0.05) is 6.08 Å². The molecule has 0 saturated heterocycles. The molecule has 150 valence electrons. The Morgan fingerprint density at radius 2 is 2.00 bits per heavy atom. The minimum Gasteiger partial charge on any atom is -0.486 e. The minimum absolute atomic E-state index is 0.146. The summed E-state index contributed by atoms with van der Waals surface area (Å²) in [6.45, 7) is 1.06. The van der Waals surface area contributed by atoms with Gasteiger partial charge in [-0.2, -0.15) is 0 Å². The Hall–Kier alpha value is -2.70. The van der Waals surface area contributed by atoms with E-state index >= 15 is 0 Å². The monoisotopic (exact) mass is 387 g/mol. The van der Waals surface area contributed by atoms with Crippen LogP contribution in [0.1, 0.15) is 38.5 Å². The second-order valence-electron chi connectivity index (χ2n) is 7.55. The summed E-state index contributed by atoms with van der Waals surface area (Å²) in [5.41, 5.74) is 0. The lowest BCUT2D eigenvalue weighted by molar-refractivity contribution is -0.148. The van der Waals surface area contributed by atoms with E-state index in [-0.39, 0.29) is 12.5 Å². The summed E-state index contributed by atoms with van der Waals surface area (Å²) < 4.78 is 17.1. The second-order valence-corrected chi connectivity index (χ2v) is 7.55. The zero-order chi connectivity index (χ0) is 19.5. The third kappa shape index (κ3) is 3.93. The number of hydrogen-bond donors (Lipinski definition) is 1. The Balaban J connectivity index is 1.45. The number of rotatable bonds is 6. The molecule has 28 heavy (non-hydrogen) atoms. The zero-order valence-corrected chi connectivity index (χ0v) is 15.8. The fourth-order valence-electron chi connectivity index (χ4n) is 4.21. The molecular weight excluding hydrogens is 362 g/mol. The van der Waals surface area contributed by atoms with Gasteiger partial charge in [0.1, 0.15) is 25.0 Å². The molecule has 3 aliphatic rings. The van der Waals surface area contributed by atoms with Gasteiger partial charge in [-0.3, -0.25) is 4.79 Å². The van der Waals surface area contributed by atoms with Crippen LogP contribution in [0, 0.1) is 5.92 Å². The van der Waals surface area contributed by atoms with Crippen molar-refractivity contribution in [2.45, 2.75) is 44.6 Å². The van der Waals surface area contributed by atoms with E-state index in [9.17, 15) is 14.7 Å². The van der Waals surface area contributed by atoms with Crippen LogP contribution in [0.4, 0.5) is 0 Å².